The Kier molecular flexibility index (Phi) is 6.09. The summed E-state index contributed by atoms with van der Waals surface area (Å²) in [5, 5.41) is 12.3. The van der Waals surface area contributed by atoms with E-state index in [9.17, 15) is 19.5 Å². The van der Waals surface area contributed by atoms with E-state index >= 15 is 0 Å². The molecule has 1 aliphatic heterocycles. The topological polar surface area (TPSA) is 95.9 Å². The number of hydrogen-bond acceptors (Lipinski definition) is 4. The van der Waals surface area contributed by atoms with Gasteiger partial charge in [0.05, 0.1) is 17.4 Å². The normalized spacial score (nSPS) is 22.4. The average Bonchev–Trinajstić information content (AvgIpc) is 3.45. The minimum absolute atomic E-state index is 0.00261. The van der Waals surface area contributed by atoms with Crippen molar-refractivity contribution in [3.8, 4) is 11.1 Å². The molecule has 3 aliphatic rings. The first-order chi connectivity index (χ1) is 16.9. The van der Waals surface area contributed by atoms with Gasteiger partial charge in [0.25, 0.3) is 0 Å². The minimum Gasteiger partial charge on any atom is -0.481 e. The molecule has 0 saturated carbocycles. The Bertz CT molecular complexity index is 1140. The van der Waals surface area contributed by atoms with Crippen molar-refractivity contribution in [2.75, 3.05) is 19.7 Å². The summed E-state index contributed by atoms with van der Waals surface area (Å²) < 4.78 is 5.62. The second kappa shape index (κ2) is 9.21. The predicted octanol–water partition coefficient (Wildman–Crippen LogP) is 4.18. The summed E-state index contributed by atoms with van der Waals surface area (Å²) in [7, 11) is 0. The number of benzene rings is 2. The third-order valence-corrected chi connectivity index (χ3v) is 7.74. The van der Waals surface area contributed by atoms with Crippen molar-refractivity contribution in [3.05, 3.63) is 71.8 Å². The number of alkyl carbamates (subject to hydrolysis) is 1. The van der Waals surface area contributed by atoms with E-state index < -0.39 is 17.5 Å². The molecular weight excluding hydrogens is 444 g/mol. The molecule has 1 heterocycles. The van der Waals surface area contributed by atoms with Gasteiger partial charge in [0.15, 0.2) is 0 Å². The number of rotatable bonds is 5. The third kappa shape index (κ3) is 4.43. The predicted molar refractivity (Wildman–Crippen MR) is 131 cm³/mol. The number of ether oxygens (including phenoxy) is 1. The summed E-state index contributed by atoms with van der Waals surface area (Å²) >= 11 is 0. The number of carboxylic acids is 1. The molecule has 2 N–H and O–H groups in total. The molecule has 2 unspecified atom stereocenters. The zero-order valence-corrected chi connectivity index (χ0v) is 19.8. The van der Waals surface area contributed by atoms with Crippen LogP contribution < -0.4 is 5.32 Å². The molecule has 7 heteroatoms. The van der Waals surface area contributed by atoms with Crippen molar-refractivity contribution in [2.24, 2.45) is 11.3 Å². The van der Waals surface area contributed by atoms with Crippen molar-refractivity contribution >= 4 is 18.0 Å². The lowest BCUT2D eigenvalue weighted by atomic mass is 9.80. The van der Waals surface area contributed by atoms with Crippen LogP contribution in [0.1, 0.15) is 43.2 Å². The Hall–Kier alpha value is -3.61. The van der Waals surface area contributed by atoms with Crippen LogP contribution in [-0.4, -0.2) is 53.7 Å². The minimum atomic E-state index is -0.808. The number of amides is 2. The highest BCUT2D eigenvalue weighted by Crippen LogP contribution is 2.44. The Labute approximate surface area is 204 Å². The molecule has 0 bridgehead atoms. The number of carbonyl (C=O) groups is 3. The van der Waals surface area contributed by atoms with Gasteiger partial charge in [0, 0.05) is 19.0 Å². The maximum atomic E-state index is 12.9. The highest BCUT2D eigenvalue weighted by atomic mass is 16.5. The fourth-order valence-electron chi connectivity index (χ4n) is 5.45. The average molecular weight is 475 g/mol. The van der Waals surface area contributed by atoms with Gasteiger partial charge in [-0.2, -0.15) is 0 Å². The van der Waals surface area contributed by atoms with Crippen LogP contribution in [0.3, 0.4) is 0 Å². The van der Waals surface area contributed by atoms with Gasteiger partial charge in [-0.15, -0.1) is 0 Å². The molecular formula is C28H30N2O5. The fourth-order valence-corrected chi connectivity index (χ4v) is 5.45. The molecule has 1 saturated heterocycles. The van der Waals surface area contributed by atoms with Gasteiger partial charge in [0.1, 0.15) is 6.61 Å². The Morgan fingerprint density at radius 1 is 1.00 bits per heavy atom. The van der Waals surface area contributed by atoms with Gasteiger partial charge in [-0.25, -0.2) is 4.79 Å². The van der Waals surface area contributed by atoms with Crippen LogP contribution in [0.25, 0.3) is 11.1 Å². The number of hydrogen-bond donors (Lipinski definition) is 2. The molecule has 0 spiro atoms. The van der Waals surface area contributed by atoms with E-state index in [0.717, 1.165) is 11.1 Å². The number of carbonyl (C=O) groups excluding carboxylic acids is 2. The van der Waals surface area contributed by atoms with Crippen LogP contribution in [0.5, 0.6) is 0 Å². The van der Waals surface area contributed by atoms with E-state index in [2.05, 4.69) is 29.6 Å². The maximum Gasteiger partial charge on any atom is 0.407 e. The molecule has 2 atom stereocenters. The molecule has 2 aliphatic carbocycles. The first kappa shape index (κ1) is 23.1. The molecule has 2 aromatic carbocycles. The lowest BCUT2D eigenvalue weighted by Gasteiger charge is -2.37. The highest BCUT2D eigenvalue weighted by molar-refractivity contribution is 5.82. The van der Waals surface area contributed by atoms with Crippen molar-refractivity contribution < 1.29 is 24.2 Å². The first-order valence-corrected chi connectivity index (χ1v) is 12.2. The number of piperidine rings is 1. The molecule has 2 aromatic rings. The Balaban J connectivity index is 1.13. The standard InChI is InChI=1S/C28H30N2O5/c1-28(26(32)33)12-14-30(15-13-28)25(31)18-10-11-19(16-18)29-27(34)35-17-24-22-8-4-2-6-20(22)21-7-3-5-9-23(21)24/h2-11,18-19,24H,12-17H2,1H3,(H,29,34)(H,32,33). The van der Waals surface area contributed by atoms with E-state index in [0.29, 0.717) is 32.4 Å². The molecule has 7 nitrogen and oxygen atoms in total. The zero-order valence-electron chi connectivity index (χ0n) is 19.8. The van der Waals surface area contributed by atoms with Crippen LogP contribution >= 0.6 is 0 Å². The van der Waals surface area contributed by atoms with Crippen molar-refractivity contribution in [2.45, 2.75) is 38.1 Å². The molecule has 2 amide bonds. The van der Waals surface area contributed by atoms with Crippen LogP contribution in [0, 0.1) is 11.3 Å². The monoisotopic (exact) mass is 474 g/mol. The molecule has 5 rings (SSSR count). The summed E-state index contributed by atoms with van der Waals surface area (Å²) in [4.78, 5) is 38.7. The van der Waals surface area contributed by atoms with Gasteiger partial charge in [-0.1, -0.05) is 60.7 Å². The van der Waals surface area contributed by atoms with E-state index in [-0.39, 0.29) is 30.4 Å². The lowest BCUT2D eigenvalue weighted by molar-refractivity contribution is -0.153. The van der Waals surface area contributed by atoms with Crippen molar-refractivity contribution in [1.29, 1.82) is 0 Å². The van der Waals surface area contributed by atoms with E-state index in [1.54, 1.807) is 11.8 Å². The lowest BCUT2D eigenvalue weighted by Crippen LogP contribution is -2.47. The second-order valence-corrected chi connectivity index (χ2v) is 9.99. The molecule has 1 fully saturated rings. The Morgan fingerprint density at radius 2 is 1.60 bits per heavy atom. The summed E-state index contributed by atoms with van der Waals surface area (Å²) in [5.41, 5.74) is 3.91. The Morgan fingerprint density at radius 3 is 2.20 bits per heavy atom. The fraction of sp³-hybridized carbons (Fsp3) is 0.393. The van der Waals surface area contributed by atoms with Gasteiger partial charge in [-0.05, 0) is 48.4 Å². The summed E-state index contributed by atoms with van der Waals surface area (Å²) in [6.45, 7) is 2.86. The van der Waals surface area contributed by atoms with E-state index in [4.69, 9.17) is 4.74 Å². The van der Waals surface area contributed by atoms with Crippen LogP contribution in [0.4, 0.5) is 4.79 Å². The van der Waals surface area contributed by atoms with Gasteiger partial charge < -0.3 is 20.1 Å². The second-order valence-electron chi connectivity index (χ2n) is 9.99. The number of nitrogens with one attached hydrogen (secondary N) is 1. The largest absolute Gasteiger partial charge is 0.481 e. The molecule has 35 heavy (non-hydrogen) atoms. The molecule has 0 radical (unpaired) electrons. The first-order valence-electron chi connectivity index (χ1n) is 12.2. The third-order valence-electron chi connectivity index (χ3n) is 7.74. The van der Waals surface area contributed by atoms with Crippen LogP contribution in [0.15, 0.2) is 60.7 Å². The zero-order chi connectivity index (χ0) is 24.6. The number of fused-ring (bicyclic) bond motifs is 3. The quantitative estimate of drug-likeness (QED) is 0.634. The van der Waals surface area contributed by atoms with Crippen molar-refractivity contribution in [1.82, 2.24) is 10.2 Å². The summed E-state index contributed by atoms with van der Waals surface area (Å²) in [5.74, 6) is -1.14. The van der Waals surface area contributed by atoms with Gasteiger partial charge in [-0.3, -0.25) is 9.59 Å². The van der Waals surface area contributed by atoms with Crippen LogP contribution in [-0.2, 0) is 14.3 Å². The molecule has 182 valence electrons. The van der Waals surface area contributed by atoms with E-state index in [1.165, 1.54) is 11.1 Å². The van der Waals surface area contributed by atoms with Crippen molar-refractivity contribution in [3.63, 3.8) is 0 Å². The van der Waals surface area contributed by atoms with Gasteiger partial charge in [0.2, 0.25) is 5.91 Å². The summed E-state index contributed by atoms with van der Waals surface area (Å²) in [6, 6.07) is 16.1. The SMILES string of the molecule is CC1(C(=O)O)CCN(C(=O)C2C=CC(NC(=O)OCC3c4ccccc4-c4ccccc43)C2)CC1. The smallest absolute Gasteiger partial charge is 0.407 e. The molecule has 0 aromatic heterocycles. The van der Waals surface area contributed by atoms with Gasteiger partial charge >= 0.3 is 12.1 Å². The van der Waals surface area contributed by atoms with Crippen LogP contribution in [0.2, 0.25) is 0 Å². The number of likely N-dealkylation sites (tertiary alicyclic amines) is 1. The van der Waals surface area contributed by atoms with E-state index in [1.807, 2.05) is 36.4 Å². The number of aliphatic carboxylic acids is 1. The maximum absolute atomic E-state index is 12.9. The number of carboxylic acid groups (broad SMARTS) is 1. The summed E-state index contributed by atoms with van der Waals surface area (Å²) in [6.07, 6.45) is 4.56. The highest BCUT2D eigenvalue weighted by Gasteiger charge is 2.40. The number of nitrogens with zero attached hydrogens (tertiary/aromatic N) is 1.